The first-order valence-electron chi connectivity index (χ1n) is 8.44. The van der Waals surface area contributed by atoms with Crippen LogP contribution < -0.4 is 16.2 Å². The Morgan fingerprint density at radius 1 is 1.11 bits per heavy atom. The van der Waals surface area contributed by atoms with Crippen LogP contribution in [0.25, 0.3) is 22.2 Å². The van der Waals surface area contributed by atoms with Crippen molar-refractivity contribution in [1.29, 1.82) is 0 Å². The molecule has 144 valence electrons. The van der Waals surface area contributed by atoms with Crippen molar-refractivity contribution in [3.8, 4) is 11.3 Å². The molecule has 0 aliphatic rings. The highest BCUT2D eigenvalue weighted by Crippen LogP contribution is 2.31. The van der Waals surface area contributed by atoms with Gasteiger partial charge in [-0.05, 0) is 25.1 Å². The third kappa shape index (κ3) is 4.09. The lowest BCUT2D eigenvalue weighted by Crippen LogP contribution is -2.24. The number of carbonyl (C=O) groups is 1. The minimum Gasteiger partial charge on any atom is -0.370 e. The number of sulfonamides is 1. The van der Waals surface area contributed by atoms with Crippen molar-refractivity contribution >= 4 is 38.5 Å². The highest BCUT2D eigenvalue weighted by atomic mass is 32.2. The molecule has 0 spiro atoms. The van der Waals surface area contributed by atoms with Crippen molar-refractivity contribution in [2.45, 2.75) is 6.92 Å². The number of rotatable bonds is 5. The molecule has 0 fully saturated rings. The van der Waals surface area contributed by atoms with Crippen LogP contribution in [0.15, 0.2) is 59.6 Å². The van der Waals surface area contributed by atoms with E-state index >= 15 is 0 Å². The number of aliphatic imine (C=N–C) groups is 1. The molecule has 5 N–H and O–H groups in total. The number of benzene rings is 2. The lowest BCUT2D eigenvalue weighted by atomic mass is 10.0. The monoisotopic (exact) mass is 397 g/mol. The molecule has 28 heavy (non-hydrogen) atoms. The number of nitrogens with one attached hydrogen (secondary N) is 1. The number of nitrogens with two attached hydrogens (primary N) is 2. The average molecular weight is 397 g/mol. The van der Waals surface area contributed by atoms with Gasteiger partial charge in [0.05, 0.1) is 28.2 Å². The maximum Gasteiger partial charge on any atom is 0.281 e. The Bertz CT molecular complexity index is 1170. The van der Waals surface area contributed by atoms with Gasteiger partial charge in [-0.15, -0.1) is 0 Å². The third-order valence-electron chi connectivity index (χ3n) is 4.01. The molecule has 0 bridgehead atoms. The van der Waals surface area contributed by atoms with Crippen molar-refractivity contribution < 1.29 is 13.2 Å². The van der Waals surface area contributed by atoms with E-state index in [4.69, 9.17) is 11.5 Å². The molecule has 0 aliphatic carbocycles. The van der Waals surface area contributed by atoms with Crippen molar-refractivity contribution in [3.05, 3.63) is 60.2 Å². The third-order valence-corrected chi connectivity index (χ3v) is 5.30. The van der Waals surface area contributed by atoms with E-state index in [2.05, 4.69) is 14.7 Å². The number of amides is 1. The van der Waals surface area contributed by atoms with Gasteiger partial charge in [0, 0.05) is 10.9 Å². The van der Waals surface area contributed by atoms with E-state index < -0.39 is 15.9 Å². The molecule has 2 aromatic carbocycles. The van der Waals surface area contributed by atoms with Crippen LogP contribution in [-0.2, 0) is 10.0 Å². The Hall–Kier alpha value is -3.46. The second-order valence-electron chi connectivity index (χ2n) is 5.97. The van der Waals surface area contributed by atoms with Gasteiger partial charge in [0.1, 0.15) is 0 Å². The molecule has 0 aliphatic heterocycles. The molecule has 1 heterocycles. The van der Waals surface area contributed by atoms with Crippen molar-refractivity contribution in [2.75, 3.05) is 10.5 Å². The summed E-state index contributed by atoms with van der Waals surface area (Å²) < 4.78 is 26.6. The molecule has 8 nitrogen and oxygen atoms in total. The molecule has 9 heteroatoms. The topological polar surface area (TPSA) is 141 Å². The Labute approximate surface area is 162 Å². The molecule has 0 saturated heterocycles. The summed E-state index contributed by atoms with van der Waals surface area (Å²) in [5.41, 5.74) is 12.9. The summed E-state index contributed by atoms with van der Waals surface area (Å²) in [6, 6.07) is 15.7. The van der Waals surface area contributed by atoms with Crippen LogP contribution in [0.3, 0.4) is 0 Å². The summed E-state index contributed by atoms with van der Waals surface area (Å²) >= 11 is 0. The molecule has 3 rings (SSSR count). The fourth-order valence-electron chi connectivity index (χ4n) is 2.71. The first kappa shape index (κ1) is 19.3. The van der Waals surface area contributed by atoms with E-state index in [1.807, 2.05) is 30.3 Å². The van der Waals surface area contributed by atoms with Gasteiger partial charge in [0.15, 0.2) is 5.96 Å². The predicted octanol–water partition coefficient (Wildman–Crippen LogP) is 2.08. The number of guanidine groups is 1. The number of fused-ring (bicyclic) bond motifs is 1. The van der Waals surface area contributed by atoms with Crippen molar-refractivity contribution in [2.24, 2.45) is 16.5 Å². The fraction of sp³-hybridized carbons (Fsp3) is 0.105. The van der Waals surface area contributed by atoms with Crippen molar-refractivity contribution in [1.82, 2.24) is 4.98 Å². The second-order valence-corrected chi connectivity index (χ2v) is 7.98. The molecular formula is C19H19N5O3S. The Morgan fingerprint density at radius 3 is 2.46 bits per heavy atom. The van der Waals surface area contributed by atoms with Crippen LogP contribution in [-0.4, -0.2) is 31.0 Å². The zero-order chi connectivity index (χ0) is 20.3. The number of hydrogen-bond acceptors (Lipinski definition) is 4. The standard InChI is InChI=1S/C19H19N5O3S/c1-2-28(26,27)24-15-10-6-9-14-17(15)13(18(25)23-19(20)21)11-16(22-14)12-7-4-3-5-8-12/h3-11,24H,2H2,1H3,(H4,20,21,23,25). The zero-order valence-electron chi connectivity index (χ0n) is 15.1. The maximum absolute atomic E-state index is 12.7. The van der Waals surface area contributed by atoms with Gasteiger partial charge in [0.25, 0.3) is 5.91 Å². The highest BCUT2D eigenvalue weighted by molar-refractivity contribution is 7.92. The van der Waals surface area contributed by atoms with Gasteiger partial charge in [-0.25, -0.2) is 13.4 Å². The number of aromatic nitrogens is 1. The SMILES string of the molecule is CCS(=O)(=O)Nc1cccc2nc(-c3ccccc3)cc(C(=O)N=C(N)N)c12. The van der Waals surface area contributed by atoms with E-state index in [1.165, 1.54) is 6.92 Å². The van der Waals surface area contributed by atoms with Crippen LogP contribution in [0.4, 0.5) is 5.69 Å². The Morgan fingerprint density at radius 2 is 1.82 bits per heavy atom. The van der Waals surface area contributed by atoms with Gasteiger partial charge < -0.3 is 11.5 Å². The van der Waals surface area contributed by atoms with Gasteiger partial charge in [-0.1, -0.05) is 36.4 Å². The van der Waals surface area contributed by atoms with Crippen LogP contribution in [0.2, 0.25) is 0 Å². The first-order valence-corrected chi connectivity index (χ1v) is 10.1. The molecule has 0 radical (unpaired) electrons. The van der Waals surface area contributed by atoms with Gasteiger partial charge in [0.2, 0.25) is 10.0 Å². The Kier molecular flexibility index (Phi) is 5.27. The normalized spacial score (nSPS) is 11.2. The fourth-order valence-corrected chi connectivity index (χ4v) is 3.36. The average Bonchev–Trinajstić information content (AvgIpc) is 2.67. The zero-order valence-corrected chi connectivity index (χ0v) is 15.9. The Balaban J connectivity index is 2.32. The largest absolute Gasteiger partial charge is 0.370 e. The van der Waals surface area contributed by atoms with E-state index in [0.29, 0.717) is 16.6 Å². The van der Waals surface area contributed by atoms with E-state index in [-0.39, 0.29) is 23.0 Å². The smallest absolute Gasteiger partial charge is 0.281 e. The quantitative estimate of drug-likeness (QED) is 0.445. The minimum absolute atomic E-state index is 0.115. The molecule has 0 atom stereocenters. The van der Waals surface area contributed by atoms with Crippen molar-refractivity contribution in [3.63, 3.8) is 0 Å². The molecule has 0 unspecified atom stereocenters. The maximum atomic E-state index is 12.7. The predicted molar refractivity (Wildman–Crippen MR) is 110 cm³/mol. The van der Waals surface area contributed by atoms with Gasteiger partial charge >= 0.3 is 0 Å². The summed E-state index contributed by atoms with van der Waals surface area (Å²) in [4.78, 5) is 20.9. The molecule has 1 aromatic heterocycles. The van der Waals surface area contributed by atoms with Crippen LogP contribution in [0.5, 0.6) is 0 Å². The molecular weight excluding hydrogens is 378 g/mol. The lowest BCUT2D eigenvalue weighted by Gasteiger charge is -2.13. The second kappa shape index (κ2) is 7.65. The van der Waals surface area contributed by atoms with Crippen LogP contribution in [0, 0.1) is 0 Å². The summed E-state index contributed by atoms with van der Waals surface area (Å²) in [7, 11) is -3.57. The van der Waals surface area contributed by atoms with E-state index in [1.54, 1.807) is 24.3 Å². The van der Waals surface area contributed by atoms with Crippen LogP contribution >= 0.6 is 0 Å². The molecule has 0 saturated carbocycles. The molecule has 3 aromatic rings. The summed E-state index contributed by atoms with van der Waals surface area (Å²) in [5.74, 6) is -1.19. The molecule has 1 amide bonds. The van der Waals surface area contributed by atoms with Gasteiger partial charge in [-0.3, -0.25) is 9.52 Å². The number of carbonyl (C=O) groups excluding carboxylic acids is 1. The lowest BCUT2D eigenvalue weighted by molar-refractivity contribution is 0.100. The summed E-state index contributed by atoms with van der Waals surface area (Å²) in [5, 5.41) is 0.328. The number of anilines is 1. The number of pyridine rings is 1. The van der Waals surface area contributed by atoms with E-state index in [9.17, 15) is 13.2 Å². The summed E-state index contributed by atoms with van der Waals surface area (Å²) in [6.45, 7) is 1.52. The van der Waals surface area contributed by atoms with Crippen LogP contribution in [0.1, 0.15) is 17.3 Å². The minimum atomic E-state index is -3.57. The summed E-state index contributed by atoms with van der Waals surface area (Å²) in [6.07, 6.45) is 0. The number of nitrogens with zero attached hydrogens (tertiary/aromatic N) is 2. The van der Waals surface area contributed by atoms with E-state index in [0.717, 1.165) is 5.56 Å². The first-order chi connectivity index (χ1) is 13.3. The number of hydrogen-bond donors (Lipinski definition) is 3. The van der Waals surface area contributed by atoms with Gasteiger partial charge in [-0.2, -0.15) is 4.99 Å². The highest BCUT2D eigenvalue weighted by Gasteiger charge is 2.19.